The van der Waals surface area contributed by atoms with E-state index in [0.717, 1.165) is 5.56 Å². The molecule has 2 N–H and O–H groups in total. The number of nitrogens with one attached hydrogen (secondary N) is 2. The number of rotatable bonds is 9. The zero-order valence-electron chi connectivity index (χ0n) is 16.7. The minimum atomic E-state index is -0.168. The van der Waals surface area contributed by atoms with Crippen molar-refractivity contribution in [3.8, 4) is 11.4 Å². The second-order valence-corrected chi connectivity index (χ2v) is 7.22. The van der Waals surface area contributed by atoms with E-state index in [2.05, 4.69) is 25.8 Å². The smallest absolute Gasteiger partial charge is 0.234 e. The van der Waals surface area contributed by atoms with E-state index in [-0.39, 0.29) is 17.6 Å². The predicted molar refractivity (Wildman–Crippen MR) is 115 cm³/mol. The first kappa shape index (κ1) is 21.5. The number of carbonyl (C=O) groups excluding carboxylic acids is 2. The van der Waals surface area contributed by atoms with Crippen LogP contribution in [-0.2, 0) is 20.9 Å². The largest absolute Gasteiger partial charge is 0.383 e. The van der Waals surface area contributed by atoms with Crippen LogP contribution < -0.4 is 10.6 Å². The van der Waals surface area contributed by atoms with Crippen molar-refractivity contribution in [3.05, 3.63) is 48.8 Å². The number of pyridine rings is 1. The summed E-state index contributed by atoms with van der Waals surface area (Å²) in [6, 6.07) is 10.6. The summed E-state index contributed by atoms with van der Waals surface area (Å²) in [6.07, 6.45) is 3.39. The van der Waals surface area contributed by atoms with Gasteiger partial charge in [0, 0.05) is 43.4 Å². The molecule has 0 saturated carbocycles. The third-order valence-corrected chi connectivity index (χ3v) is 4.96. The number of thioether (sulfide) groups is 1. The Morgan fingerprint density at radius 1 is 1.03 bits per heavy atom. The summed E-state index contributed by atoms with van der Waals surface area (Å²) in [5.41, 5.74) is 2.21. The normalized spacial score (nSPS) is 10.6. The van der Waals surface area contributed by atoms with Crippen LogP contribution in [0.2, 0.25) is 0 Å². The highest BCUT2D eigenvalue weighted by molar-refractivity contribution is 7.99. The van der Waals surface area contributed by atoms with E-state index in [0.29, 0.717) is 35.5 Å². The van der Waals surface area contributed by atoms with Crippen molar-refractivity contribution in [1.82, 2.24) is 19.7 Å². The van der Waals surface area contributed by atoms with E-state index in [1.165, 1.54) is 18.7 Å². The number of ether oxygens (including phenoxy) is 1. The molecule has 3 rings (SSSR count). The van der Waals surface area contributed by atoms with Crippen LogP contribution in [-0.4, -0.2) is 51.0 Å². The summed E-state index contributed by atoms with van der Waals surface area (Å²) in [5, 5.41) is 14.7. The number of hydrogen-bond donors (Lipinski definition) is 2. The lowest BCUT2D eigenvalue weighted by atomic mass is 10.2. The number of amides is 2. The van der Waals surface area contributed by atoms with Crippen molar-refractivity contribution in [2.75, 3.05) is 30.1 Å². The summed E-state index contributed by atoms with van der Waals surface area (Å²) < 4.78 is 7.13. The van der Waals surface area contributed by atoms with Crippen molar-refractivity contribution in [3.63, 3.8) is 0 Å². The van der Waals surface area contributed by atoms with Crippen LogP contribution in [0.15, 0.2) is 53.9 Å². The van der Waals surface area contributed by atoms with Gasteiger partial charge in [0.1, 0.15) is 0 Å². The SMILES string of the molecule is COCCn1c(SCC(=O)Nc2ccc(NC(C)=O)cc2)nnc1-c1ccncc1. The first-order valence-corrected chi connectivity index (χ1v) is 10.2. The van der Waals surface area contributed by atoms with Crippen LogP contribution in [0.4, 0.5) is 11.4 Å². The maximum Gasteiger partial charge on any atom is 0.234 e. The molecule has 30 heavy (non-hydrogen) atoms. The third-order valence-electron chi connectivity index (χ3n) is 4.00. The predicted octanol–water partition coefficient (Wildman–Crippen LogP) is 2.68. The Labute approximate surface area is 178 Å². The van der Waals surface area contributed by atoms with Crippen molar-refractivity contribution in [2.24, 2.45) is 0 Å². The highest BCUT2D eigenvalue weighted by atomic mass is 32.2. The lowest BCUT2D eigenvalue weighted by Crippen LogP contribution is -2.15. The van der Waals surface area contributed by atoms with Crippen LogP contribution >= 0.6 is 11.8 Å². The molecule has 0 aliphatic heterocycles. The number of carbonyl (C=O) groups is 2. The molecular formula is C20H22N6O3S. The molecule has 0 atom stereocenters. The fourth-order valence-electron chi connectivity index (χ4n) is 2.66. The molecule has 3 aromatic rings. The van der Waals surface area contributed by atoms with E-state index >= 15 is 0 Å². The topological polar surface area (TPSA) is 111 Å². The number of methoxy groups -OCH3 is 1. The average molecular weight is 427 g/mol. The van der Waals surface area contributed by atoms with Crippen LogP contribution in [0.5, 0.6) is 0 Å². The highest BCUT2D eigenvalue weighted by Crippen LogP contribution is 2.24. The van der Waals surface area contributed by atoms with Crippen LogP contribution in [0.25, 0.3) is 11.4 Å². The maximum absolute atomic E-state index is 12.4. The molecule has 0 aliphatic carbocycles. The van der Waals surface area contributed by atoms with Crippen LogP contribution in [0, 0.1) is 0 Å². The quantitative estimate of drug-likeness (QED) is 0.506. The molecule has 0 unspecified atom stereocenters. The number of aromatic nitrogens is 4. The summed E-state index contributed by atoms with van der Waals surface area (Å²) in [4.78, 5) is 27.5. The number of benzene rings is 1. The molecule has 156 valence electrons. The summed E-state index contributed by atoms with van der Waals surface area (Å²) in [6.45, 7) is 2.50. The molecule has 2 aromatic heterocycles. The fourth-order valence-corrected chi connectivity index (χ4v) is 3.43. The number of nitrogens with zero attached hydrogens (tertiary/aromatic N) is 4. The van der Waals surface area contributed by atoms with E-state index in [1.54, 1.807) is 43.8 Å². The van der Waals surface area contributed by atoms with Gasteiger partial charge in [-0.25, -0.2) is 0 Å². The monoisotopic (exact) mass is 426 g/mol. The molecule has 1 aromatic carbocycles. The average Bonchev–Trinajstić information content (AvgIpc) is 3.15. The van der Waals surface area contributed by atoms with E-state index in [4.69, 9.17) is 4.74 Å². The standard InChI is InChI=1S/C20H22N6O3S/c1-14(27)22-16-3-5-17(6-4-16)23-18(28)13-30-20-25-24-19(26(20)11-12-29-2)15-7-9-21-10-8-15/h3-10H,11-13H2,1-2H3,(H,22,27)(H,23,28). The van der Waals surface area contributed by atoms with Gasteiger partial charge in [0.15, 0.2) is 11.0 Å². The van der Waals surface area contributed by atoms with E-state index < -0.39 is 0 Å². The Bertz CT molecular complexity index is 992. The first-order chi connectivity index (χ1) is 14.6. The highest BCUT2D eigenvalue weighted by Gasteiger charge is 2.15. The van der Waals surface area contributed by atoms with Crippen molar-refractivity contribution in [2.45, 2.75) is 18.6 Å². The van der Waals surface area contributed by atoms with Gasteiger partial charge in [-0.15, -0.1) is 10.2 Å². The lowest BCUT2D eigenvalue weighted by Gasteiger charge is -2.10. The fraction of sp³-hybridized carbons (Fsp3) is 0.250. The van der Waals surface area contributed by atoms with Gasteiger partial charge in [0.2, 0.25) is 11.8 Å². The molecular weight excluding hydrogens is 404 g/mol. The molecule has 0 radical (unpaired) electrons. The van der Waals surface area contributed by atoms with E-state index in [9.17, 15) is 9.59 Å². The molecule has 0 spiro atoms. The van der Waals surface area contributed by atoms with Gasteiger partial charge in [-0.2, -0.15) is 0 Å². The number of anilines is 2. The zero-order valence-corrected chi connectivity index (χ0v) is 17.5. The van der Waals surface area contributed by atoms with Gasteiger partial charge in [0.05, 0.1) is 18.9 Å². The van der Waals surface area contributed by atoms with Gasteiger partial charge >= 0.3 is 0 Å². The Kier molecular flexibility index (Phi) is 7.52. The second kappa shape index (κ2) is 10.5. The van der Waals surface area contributed by atoms with E-state index in [1.807, 2.05) is 16.7 Å². The van der Waals surface area contributed by atoms with Crippen molar-refractivity contribution in [1.29, 1.82) is 0 Å². The second-order valence-electron chi connectivity index (χ2n) is 6.28. The molecule has 2 heterocycles. The summed E-state index contributed by atoms with van der Waals surface area (Å²) in [7, 11) is 1.63. The lowest BCUT2D eigenvalue weighted by molar-refractivity contribution is -0.114. The number of hydrogen-bond acceptors (Lipinski definition) is 7. The van der Waals surface area contributed by atoms with Gasteiger partial charge in [-0.05, 0) is 36.4 Å². The minimum absolute atomic E-state index is 0.146. The van der Waals surface area contributed by atoms with Crippen LogP contribution in [0.1, 0.15) is 6.92 Å². The third kappa shape index (κ3) is 5.88. The molecule has 2 amide bonds. The molecule has 10 heteroatoms. The Morgan fingerprint density at radius 2 is 1.70 bits per heavy atom. The zero-order chi connectivity index (χ0) is 21.3. The van der Waals surface area contributed by atoms with Gasteiger partial charge in [-0.3, -0.25) is 19.1 Å². The van der Waals surface area contributed by atoms with Crippen molar-refractivity contribution >= 4 is 35.0 Å². The Hall–Kier alpha value is -3.24. The van der Waals surface area contributed by atoms with Crippen LogP contribution in [0.3, 0.4) is 0 Å². The minimum Gasteiger partial charge on any atom is -0.383 e. The van der Waals surface area contributed by atoms with Crippen molar-refractivity contribution < 1.29 is 14.3 Å². The van der Waals surface area contributed by atoms with Gasteiger partial charge < -0.3 is 15.4 Å². The van der Waals surface area contributed by atoms with Gasteiger partial charge in [0.25, 0.3) is 0 Å². The summed E-state index contributed by atoms with van der Waals surface area (Å²) in [5.74, 6) is 0.561. The Balaban J connectivity index is 1.64. The molecule has 0 fully saturated rings. The maximum atomic E-state index is 12.4. The first-order valence-electron chi connectivity index (χ1n) is 9.19. The molecule has 0 bridgehead atoms. The molecule has 0 saturated heterocycles. The Morgan fingerprint density at radius 3 is 2.33 bits per heavy atom. The molecule has 0 aliphatic rings. The molecule has 9 nitrogen and oxygen atoms in total. The van der Waals surface area contributed by atoms with Gasteiger partial charge in [-0.1, -0.05) is 11.8 Å². The summed E-state index contributed by atoms with van der Waals surface area (Å²) >= 11 is 1.30.